The second-order valence-electron chi connectivity index (χ2n) is 6.89. The number of benzene rings is 3. The van der Waals surface area contributed by atoms with Gasteiger partial charge in [0.05, 0.1) is 0 Å². The fourth-order valence-electron chi connectivity index (χ4n) is 3.38. The topological polar surface area (TPSA) is 58.3 Å². The van der Waals surface area contributed by atoms with E-state index in [-0.39, 0.29) is 0 Å². The first-order valence-electron chi connectivity index (χ1n) is 9.60. The summed E-state index contributed by atoms with van der Waals surface area (Å²) in [6, 6.07) is 20.4. The zero-order valence-electron chi connectivity index (χ0n) is 16.1. The summed E-state index contributed by atoms with van der Waals surface area (Å²) in [6.45, 7) is 4.91. The summed E-state index contributed by atoms with van der Waals surface area (Å²) in [5.74, 6) is 0.328. The van der Waals surface area contributed by atoms with Gasteiger partial charge in [-0.2, -0.15) is 0 Å². The number of aromatic hydroxyl groups is 1. The molecule has 3 heteroatoms. The first kappa shape index (κ1) is 18.8. The van der Waals surface area contributed by atoms with Crippen LogP contribution in [0.3, 0.4) is 0 Å². The predicted molar refractivity (Wildman–Crippen MR) is 114 cm³/mol. The maximum Gasteiger partial charge on any atom is 0.120 e. The highest BCUT2D eigenvalue weighted by Gasteiger charge is 2.06. The molecule has 0 atom stereocenters. The summed E-state index contributed by atoms with van der Waals surface area (Å²) < 4.78 is 0. The van der Waals surface area contributed by atoms with Gasteiger partial charge in [-0.15, -0.1) is 0 Å². The number of aryl methyl sites for hydroxylation is 2. The van der Waals surface area contributed by atoms with Crippen molar-refractivity contribution in [2.45, 2.75) is 39.7 Å². The Morgan fingerprint density at radius 1 is 0.815 bits per heavy atom. The molecule has 0 saturated carbocycles. The molecule has 0 spiro atoms. The molecule has 0 aliphatic rings. The number of hydrogen-bond acceptors (Lipinski definition) is 3. The lowest BCUT2D eigenvalue weighted by molar-refractivity contribution is 0.469. The van der Waals surface area contributed by atoms with Crippen LogP contribution in [-0.4, -0.2) is 5.11 Å². The molecule has 3 aromatic rings. The van der Waals surface area contributed by atoms with Crippen molar-refractivity contribution in [3.05, 3.63) is 88.5 Å². The molecule has 0 bridgehead atoms. The number of para-hydroxylation sites is 1. The van der Waals surface area contributed by atoms with E-state index in [2.05, 4.69) is 49.5 Å². The quantitative estimate of drug-likeness (QED) is 0.501. The molecule has 3 aromatic carbocycles. The lowest BCUT2D eigenvalue weighted by Crippen LogP contribution is -2.03. The van der Waals surface area contributed by atoms with Gasteiger partial charge in [0.25, 0.3) is 0 Å². The third-order valence-electron chi connectivity index (χ3n) is 5.01. The molecule has 27 heavy (non-hydrogen) atoms. The van der Waals surface area contributed by atoms with Gasteiger partial charge in [0.15, 0.2) is 0 Å². The van der Waals surface area contributed by atoms with E-state index in [0.717, 1.165) is 36.2 Å². The third-order valence-corrected chi connectivity index (χ3v) is 5.01. The number of nitrogen functional groups attached to an aromatic ring is 1. The van der Waals surface area contributed by atoms with Crippen molar-refractivity contribution in [3.63, 3.8) is 0 Å². The van der Waals surface area contributed by atoms with Crippen LogP contribution in [0.15, 0.2) is 60.7 Å². The van der Waals surface area contributed by atoms with Gasteiger partial charge in [0, 0.05) is 23.5 Å². The average Bonchev–Trinajstić information content (AvgIpc) is 2.69. The molecule has 0 amide bonds. The van der Waals surface area contributed by atoms with E-state index in [4.69, 9.17) is 5.73 Å². The van der Waals surface area contributed by atoms with E-state index in [0.29, 0.717) is 12.3 Å². The average molecular weight is 361 g/mol. The highest BCUT2D eigenvalue weighted by molar-refractivity contribution is 5.55. The Bertz CT molecular complexity index is 918. The summed E-state index contributed by atoms with van der Waals surface area (Å²) in [4.78, 5) is 0. The summed E-state index contributed by atoms with van der Waals surface area (Å²) in [5.41, 5.74) is 14.0. The van der Waals surface area contributed by atoms with Gasteiger partial charge < -0.3 is 16.2 Å². The lowest BCUT2D eigenvalue weighted by atomic mass is 9.98. The van der Waals surface area contributed by atoms with Crippen LogP contribution in [0.5, 0.6) is 5.75 Å². The van der Waals surface area contributed by atoms with Crippen molar-refractivity contribution in [2.24, 2.45) is 0 Å². The molecule has 0 aliphatic heterocycles. The molecule has 140 valence electrons. The van der Waals surface area contributed by atoms with Crippen LogP contribution in [0, 0.1) is 0 Å². The summed E-state index contributed by atoms with van der Waals surface area (Å²) in [7, 11) is 0. The van der Waals surface area contributed by atoms with Crippen molar-refractivity contribution in [1.29, 1.82) is 0 Å². The van der Waals surface area contributed by atoms with Crippen LogP contribution >= 0.6 is 0 Å². The van der Waals surface area contributed by atoms with Crippen LogP contribution in [0.2, 0.25) is 0 Å². The number of anilines is 2. The minimum atomic E-state index is 0.328. The minimum Gasteiger partial charge on any atom is -0.508 e. The number of hydrogen-bond donors (Lipinski definition) is 3. The van der Waals surface area contributed by atoms with Crippen LogP contribution in [0.4, 0.5) is 11.4 Å². The molecular weight excluding hydrogens is 332 g/mol. The summed E-state index contributed by atoms with van der Waals surface area (Å²) in [5, 5.41) is 13.4. The van der Waals surface area contributed by atoms with Crippen molar-refractivity contribution >= 4 is 11.4 Å². The molecule has 0 fully saturated rings. The molecule has 0 radical (unpaired) electrons. The number of rotatable bonds is 7. The zero-order valence-corrected chi connectivity index (χ0v) is 16.1. The molecule has 3 nitrogen and oxygen atoms in total. The largest absolute Gasteiger partial charge is 0.508 e. The second-order valence-corrected chi connectivity index (χ2v) is 6.89. The Labute approximate surface area is 161 Å². The molecular formula is C24H28N2O. The third kappa shape index (κ3) is 4.62. The maximum atomic E-state index is 9.94. The van der Waals surface area contributed by atoms with Gasteiger partial charge in [-0.3, -0.25) is 0 Å². The van der Waals surface area contributed by atoms with Crippen molar-refractivity contribution in [2.75, 3.05) is 11.1 Å². The first-order chi connectivity index (χ1) is 13.1. The van der Waals surface area contributed by atoms with Crippen molar-refractivity contribution in [3.8, 4) is 5.75 Å². The van der Waals surface area contributed by atoms with Crippen molar-refractivity contribution < 1.29 is 5.11 Å². The number of phenolic OH excluding ortho intramolecular Hbond substituents is 1. The molecule has 3 rings (SSSR count). The van der Waals surface area contributed by atoms with Crippen LogP contribution in [-0.2, 0) is 25.8 Å². The number of nitrogens with one attached hydrogen (secondary N) is 1. The van der Waals surface area contributed by atoms with Crippen molar-refractivity contribution in [1.82, 2.24) is 0 Å². The number of nitrogens with two attached hydrogens (primary N) is 1. The van der Waals surface area contributed by atoms with E-state index >= 15 is 0 Å². The molecule has 0 heterocycles. The Morgan fingerprint density at radius 2 is 1.48 bits per heavy atom. The lowest BCUT2D eigenvalue weighted by Gasteiger charge is -2.14. The molecule has 0 aromatic heterocycles. The van der Waals surface area contributed by atoms with E-state index in [1.807, 2.05) is 24.3 Å². The smallest absolute Gasteiger partial charge is 0.120 e. The van der Waals surface area contributed by atoms with Gasteiger partial charge in [-0.05, 0) is 59.7 Å². The van der Waals surface area contributed by atoms with Crippen LogP contribution < -0.4 is 11.1 Å². The first-order valence-corrected chi connectivity index (χ1v) is 9.60. The number of phenols is 1. The Kier molecular flexibility index (Phi) is 6.02. The monoisotopic (exact) mass is 360 g/mol. The maximum absolute atomic E-state index is 9.94. The van der Waals surface area contributed by atoms with E-state index in [1.165, 1.54) is 22.3 Å². The fourth-order valence-corrected chi connectivity index (χ4v) is 3.38. The fraction of sp³-hybridized carbons (Fsp3) is 0.250. The predicted octanol–water partition coefficient (Wildman–Crippen LogP) is 5.30. The SMILES string of the molecule is CCc1cc(Cc2ccc(NCc3ccccc3O)c(CC)c2)ccc1N. The zero-order chi connectivity index (χ0) is 19.2. The highest BCUT2D eigenvalue weighted by atomic mass is 16.3. The normalized spacial score (nSPS) is 10.7. The summed E-state index contributed by atoms with van der Waals surface area (Å²) in [6.07, 6.45) is 2.81. The van der Waals surface area contributed by atoms with Gasteiger partial charge in [0.1, 0.15) is 5.75 Å². The van der Waals surface area contributed by atoms with Crippen LogP contribution in [0.1, 0.15) is 41.7 Å². The molecule has 0 unspecified atom stereocenters. The second kappa shape index (κ2) is 8.63. The van der Waals surface area contributed by atoms with Gasteiger partial charge >= 0.3 is 0 Å². The standard InChI is InChI=1S/C24H28N2O/c1-3-19-14-17(9-11-22(19)25)13-18-10-12-23(20(4-2)15-18)26-16-21-7-5-6-8-24(21)27/h5-12,14-15,26-27H,3-4,13,16,25H2,1-2H3. The Hall–Kier alpha value is -2.94. The highest BCUT2D eigenvalue weighted by Crippen LogP contribution is 2.24. The Morgan fingerprint density at radius 3 is 2.19 bits per heavy atom. The minimum absolute atomic E-state index is 0.328. The van der Waals surface area contributed by atoms with Gasteiger partial charge in [-0.1, -0.05) is 56.3 Å². The van der Waals surface area contributed by atoms with Gasteiger partial charge in [0.2, 0.25) is 0 Å². The molecule has 0 saturated heterocycles. The van der Waals surface area contributed by atoms with E-state index in [1.54, 1.807) is 6.07 Å². The Balaban J connectivity index is 1.75. The van der Waals surface area contributed by atoms with Gasteiger partial charge in [-0.25, -0.2) is 0 Å². The molecule has 4 N–H and O–H groups in total. The van der Waals surface area contributed by atoms with Crippen LogP contribution in [0.25, 0.3) is 0 Å². The molecule has 0 aliphatic carbocycles. The van der Waals surface area contributed by atoms with E-state index in [9.17, 15) is 5.11 Å². The van der Waals surface area contributed by atoms with E-state index < -0.39 is 0 Å². The summed E-state index contributed by atoms with van der Waals surface area (Å²) >= 11 is 0.